The molecule has 2 heterocycles. The highest BCUT2D eigenvalue weighted by Crippen LogP contribution is 2.27. The molecule has 24 heavy (non-hydrogen) atoms. The molecule has 0 unspecified atom stereocenters. The Balaban J connectivity index is 1.69. The van der Waals surface area contributed by atoms with Gasteiger partial charge in [-0.2, -0.15) is 10.1 Å². The van der Waals surface area contributed by atoms with Gasteiger partial charge in [0.25, 0.3) is 5.95 Å². The Kier molecular flexibility index (Phi) is 3.59. The van der Waals surface area contributed by atoms with Gasteiger partial charge in [-0.3, -0.25) is 0 Å². The molecule has 0 aliphatic rings. The smallest absolute Gasteiger partial charge is 0.265 e. The topological polar surface area (TPSA) is 68.0 Å². The fourth-order valence-electron chi connectivity index (χ4n) is 2.58. The van der Waals surface area contributed by atoms with E-state index >= 15 is 0 Å². The number of halogens is 1. The minimum atomic E-state index is 0.340. The zero-order valence-corrected chi connectivity index (χ0v) is 13.6. The lowest BCUT2D eigenvalue weighted by atomic mass is 10.2. The van der Waals surface area contributed by atoms with Crippen molar-refractivity contribution in [3.05, 3.63) is 59.1 Å². The fraction of sp³-hybridized carbons (Fsp3) is 0.0588. The van der Waals surface area contributed by atoms with Crippen LogP contribution in [0.2, 0.25) is 5.02 Å². The van der Waals surface area contributed by atoms with E-state index in [-0.39, 0.29) is 0 Å². The number of anilines is 1. The minimum absolute atomic E-state index is 0.340. The maximum atomic E-state index is 6.08. The molecular formula is C17H13ClN6. The van der Waals surface area contributed by atoms with Crippen LogP contribution in [0.5, 0.6) is 0 Å². The Morgan fingerprint density at radius 3 is 2.79 bits per heavy atom. The molecule has 0 saturated carbocycles. The van der Waals surface area contributed by atoms with Crippen LogP contribution >= 0.6 is 11.6 Å². The van der Waals surface area contributed by atoms with Crippen molar-refractivity contribution in [3.63, 3.8) is 0 Å². The Morgan fingerprint density at radius 2 is 1.96 bits per heavy atom. The van der Waals surface area contributed by atoms with Gasteiger partial charge in [0.2, 0.25) is 0 Å². The average Bonchev–Trinajstić information content (AvgIpc) is 2.88. The molecule has 1 N–H and O–H groups in total. The third kappa shape index (κ3) is 2.57. The normalized spacial score (nSPS) is 11.6. The molecule has 0 bridgehead atoms. The molecule has 0 fully saturated rings. The number of aromatic nitrogens is 4. The van der Waals surface area contributed by atoms with Crippen LogP contribution in [0.3, 0.4) is 0 Å². The molecule has 0 aliphatic carbocycles. The summed E-state index contributed by atoms with van der Waals surface area (Å²) in [6, 6.07) is 15.4. The van der Waals surface area contributed by atoms with Crippen molar-refractivity contribution in [2.24, 2.45) is 12.1 Å². The van der Waals surface area contributed by atoms with Gasteiger partial charge in [-0.05, 0) is 23.8 Å². The van der Waals surface area contributed by atoms with Crippen LogP contribution in [0.25, 0.3) is 22.1 Å². The third-order valence-electron chi connectivity index (χ3n) is 3.74. The number of aryl methyl sites for hydroxylation is 1. The van der Waals surface area contributed by atoms with E-state index in [0.29, 0.717) is 16.5 Å². The maximum Gasteiger partial charge on any atom is 0.265 e. The number of rotatable bonds is 3. The number of hydrogen-bond acceptors (Lipinski definition) is 5. The van der Waals surface area contributed by atoms with Crippen molar-refractivity contribution in [1.29, 1.82) is 0 Å². The standard InChI is InChI=1S/C17H13ClN6/c1-24-14-8-7-12(18)9-13(14)15-16(24)20-17(23-21-15)22-19-10-11-5-3-2-4-6-11/h2-10H,1H3,(H,20,22,23)/b19-10+. The Hall–Kier alpha value is -2.99. The molecule has 0 atom stereocenters. The monoisotopic (exact) mass is 336 g/mol. The number of nitrogens with zero attached hydrogens (tertiary/aromatic N) is 5. The van der Waals surface area contributed by atoms with Crippen molar-refractivity contribution >= 4 is 45.8 Å². The van der Waals surface area contributed by atoms with Crippen LogP contribution in [-0.4, -0.2) is 26.0 Å². The number of nitrogens with one attached hydrogen (secondary N) is 1. The molecule has 0 aliphatic heterocycles. The van der Waals surface area contributed by atoms with E-state index in [1.807, 2.05) is 60.1 Å². The van der Waals surface area contributed by atoms with E-state index in [1.54, 1.807) is 6.21 Å². The highest BCUT2D eigenvalue weighted by Gasteiger charge is 2.12. The third-order valence-corrected chi connectivity index (χ3v) is 3.97. The number of hydrogen-bond donors (Lipinski definition) is 1. The van der Waals surface area contributed by atoms with Crippen molar-refractivity contribution in [2.45, 2.75) is 0 Å². The average molecular weight is 337 g/mol. The highest BCUT2D eigenvalue weighted by atomic mass is 35.5. The van der Waals surface area contributed by atoms with Crippen molar-refractivity contribution in [1.82, 2.24) is 19.7 Å². The van der Waals surface area contributed by atoms with Crippen LogP contribution in [0, 0.1) is 0 Å². The molecule has 118 valence electrons. The van der Waals surface area contributed by atoms with Crippen LogP contribution < -0.4 is 5.43 Å². The van der Waals surface area contributed by atoms with Crippen LogP contribution in [0.1, 0.15) is 5.56 Å². The molecule has 2 aromatic heterocycles. The Bertz CT molecular complexity index is 1060. The Labute approximate surface area is 142 Å². The molecule has 0 saturated heterocycles. The zero-order chi connectivity index (χ0) is 16.5. The summed E-state index contributed by atoms with van der Waals surface area (Å²) >= 11 is 6.08. The van der Waals surface area contributed by atoms with Gasteiger partial charge in [-0.1, -0.05) is 41.9 Å². The van der Waals surface area contributed by atoms with Crippen LogP contribution in [-0.2, 0) is 7.05 Å². The van der Waals surface area contributed by atoms with Gasteiger partial charge in [0.1, 0.15) is 5.52 Å². The first-order valence-corrected chi connectivity index (χ1v) is 7.72. The summed E-state index contributed by atoms with van der Waals surface area (Å²) in [6.45, 7) is 0. The SMILES string of the molecule is Cn1c2ccc(Cl)cc2c2nnc(N/N=C/c3ccccc3)nc21. The summed E-state index contributed by atoms with van der Waals surface area (Å²) in [5.74, 6) is 0.340. The van der Waals surface area contributed by atoms with Gasteiger partial charge in [-0.15, -0.1) is 10.2 Å². The van der Waals surface area contributed by atoms with E-state index in [0.717, 1.165) is 22.1 Å². The minimum Gasteiger partial charge on any atom is -0.327 e. The maximum absolute atomic E-state index is 6.08. The molecular weight excluding hydrogens is 324 g/mol. The summed E-state index contributed by atoms with van der Waals surface area (Å²) in [7, 11) is 1.93. The molecule has 2 aromatic carbocycles. The van der Waals surface area contributed by atoms with Crippen molar-refractivity contribution in [3.8, 4) is 0 Å². The van der Waals surface area contributed by atoms with E-state index in [2.05, 4.69) is 25.7 Å². The lowest BCUT2D eigenvalue weighted by molar-refractivity contribution is 0.949. The Morgan fingerprint density at radius 1 is 1.12 bits per heavy atom. The molecule has 4 rings (SSSR count). The predicted octanol–water partition coefficient (Wildman–Crippen LogP) is 3.62. The van der Waals surface area contributed by atoms with Gasteiger partial charge in [0.05, 0.1) is 11.7 Å². The molecule has 7 heteroatoms. The molecule has 0 amide bonds. The summed E-state index contributed by atoms with van der Waals surface area (Å²) < 4.78 is 1.96. The lowest BCUT2D eigenvalue weighted by Crippen LogP contribution is -2.00. The van der Waals surface area contributed by atoms with Gasteiger partial charge in [-0.25, -0.2) is 5.43 Å². The number of fused-ring (bicyclic) bond motifs is 3. The van der Waals surface area contributed by atoms with E-state index in [1.165, 1.54) is 0 Å². The van der Waals surface area contributed by atoms with Gasteiger partial charge < -0.3 is 4.57 Å². The lowest BCUT2D eigenvalue weighted by Gasteiger charge is -1.99. The second kappa shape index (κ2) is 5.90. The first-order chi connectivity index (χ1) is 11.7. The number of benzene rings is 2. The predicted molar refractivity (Wildman–Crippen MR) is 96.5 cm³/mol. The van der Waals surface area contributed by atoms with Crippen molar-refractivity contribution < 1.29 is 0 Å². The number of hydrazone groups is 1. The van der Waals surface area contributed by atoms with E-state index in [4.69, 9.17) is 11.6 Å². The van der Waals surface area contributed by atoms with Gasteiger partial charge >= 0.3 is 0 Å². The first kappa shape index (κ1) is 14.6. The van der Waals surface area contributed by atoms with Crippen LogP contribution in [0.4, 0.5) is 5.95 Å². The van der Waals surface area contributed by atoms with Crippen LogP contribution in [0.15, 0.2) is 53.6 Å². The summed E-state index contributed by atoms with van der Waals surface area (Å²) in [5, 5.41) is 14.1. The van der Waals surface area contributed by atoms with Gasteiger partial charge in [0, 0.05) is 17.5 Å². The first-order valence-electron chi connectivity index (χ1n) is 7.35. The summed E-state index contributed by atoms with van der Waals surface area (Å²) in [5.41, 5.74) is 6.24. The molecule has 6 nitrogen and oxygen atoms in total. The fourth-order valence-corrected chi connectivity index (χ4v) is 2.75. The summed E-state index contributed by atoms with van der Waals surface area (Å²) in [4.78, 5) is 4.49. The van der Waals surface area contributed by atoms with Crippen molar-refractivity contribution in [2.75, 3.05) is 5.43 Å². The van der Waals surface area contributed by atoms with Gasteiger partial charge in [0.15, 0.2) is 5.65 Å². The largest absolute Gasteiger partial charge is 0.327 e. The summed E-state index contributed by atoms with van der Waals surface area (Å²) in [6.07, 6.45) is 1.70. The second-order valence-corrected chi connectivity index (χ2v) is 5.75. The molecule has 0 spiro atoms. The zero-order valence-electron chi connectivity index (χ0n) is 12.8. The quantitative estimate of drug-likeness (QED) is 0.458. The van der Waals surface area contributed by atoms with E-state index in [9.17, 15) is 0 Å². The molecule has 4 aromatic rings. The van der Waals surface area contributed by atoms with E-state index < -0.39 is 0 Å². The molecule has 0 radical (unpaired) electrons. The second-order valence-electron chi connectivity index (χ2n) is 5.31. The highest BCUT2D eigenvalue weighted by molar-refractivity contribution is 6.31.